The van der Waals surface area contributed by atoms with Gasteiger partial charge in [0.2, 0.25) is 0 Å². The number of piperidine rings is 1. The fourth-order valence-corrected chi connectivity index (χ4v) is 6.65. The van der Waals surface area contributed by atoms with Gasteiger partial charge in [-0.15, -0.1) is 0 Å². The summed E-state index contributed by atoms with van der Waals surface area (Å²) >= 11 is 0. The van der Waals surface area contributed by atoms with Crippen LogP contribution in [0.4, 0.5) is 0 Å². The number of hydrogen-bond acceptors (Lipinski definition) is 4. The molecule has 0 bridgehead atoms. The van der Waals surface area contributed by atoms with Crippen LogP contribution in [-0.2, 0) is 21.4 Å². The number of benzene rings is 1. The summed E-state index contributed by atoms with van der Waals surface area (Å²) in [6, 6.07) is 9.03. The lowest BCUT2D eigenvalue weighted by molar-refractivity contribution is -0.101. The van der Waals surface area contributed by atoms with Crippen molar-refractivity contribution in [2.45, 2.75) is 44.4 Å². The highest BCUT2D eigenvalue weighted by Crippen LogP contribution is 2.55. The van der Waals surface area contributed by atoms with Crippen LogP contribution in [0.2, 0.25) is 0 Å². The molecule has 5 nitrogen and oxygen atoms in total. The van der Waals surface area contributed by atoms with Crippen molar-refractivity contribution in [3.8, 4) is 0 Å². The van der Waals surface area contributed by atoms with Gasteiger partial charge in [0.15, 0.2) is 0 Å². The van der Waals surface area contributed by atoms with E-state index in [0.717, 1.165) is 45.9 Å². The van der Waals surface area contributed by atoms with Crippen LogP contribution in [0, 0.1) is 5.92 Å². The van der Waals surface area contributed by atoms with Crippen LogP contribution in [-0.4, -0.2) is 66.9 Å². The van der Waals surface area contributed by atoms with Gasteiger partial charge in [0.05, 0.1) is 30.9 Å². The molecule has 5 heteroatoms. The number of ether oxygens (including phenoxy) is 2. The Morgan fingerprint density at radius 3 is 2.90 bits per heavy atom. The molecule has 156 valence electrons. The van der Waals surface area contributed by atoms with E-state index in [0.29, 0.717) is 5.92 Å². The molecule has 1 aromatic heterocycles. The van der Waals surface area contributed by atoms with Gasteiger partial charge in [0, 0.05) is 37.3 Å². The molecule has 0 radical (unpaired) electrons. The molecule has 0 aliphatic carbocycles. The molecule has 2 aromatic rings. The number of rotatable bonds is 4. The Morgan fingerprint density at radius 1 is 1.14 bits per heavy atom. The van der Waals surface area contributed by atoms with E-state index in [4.69, 9.17) is 9.47 Å². The Hall–Kier alpha value is -1.40. The first-order valence-electron chi connectivity index (χ1n) is 11.6. The van der Waals surface area contributed by atoms with Crippen molar-refractivity contribution in [1.29, 1.82) is 0 Å². The van der Waals surface area contributed by atoms with Gasteiger partial charge >= 0.3 is 0 Å². The van der Waals surface area contributed by atoms with E-state index in [9.17, 15) is 0 Å². The summed E-state index contributed by atoms with van der Waals surface area (Å²) in [6.07, 6.45) is 5.14. The van der Waals surface area contributed by atoms with E-state index in [1.165, 1.54) is 43.3 Å². The molecule has 0 spiro atoms. The second-order valence-corrected chi connectivity index (χ2v) is 9.45. The molecule has 4 aliphatic heterocycles. The Balaban J connectivity index is 1.37. The lowest BCUT2D eigenvalue weighted by Gasteiger charge is -2.57. The molecular formula is C24H33N3O2. The quantitative estimate of drug-likeness (QED) is 0.794. The molecule has 29 heavy (non-hydrogen) atoms. The number of para-hydroxylation sites is 1. The van der Waals surface area contributed by atoms with E-state index in [2.05, 4.69) is 45.6 Å². The summed E-state index contributed by atoms with van der Waals surface area (Å²) in [5, 5.41) is 1.45. The summed E-state index contributed by atoms with van der Waals surface area (Å²) in [5.41, 5.74) is 4.71. The average molecular weight is 396 g/mol. The van der Waals surface area contributed by atoms with E-state index in [-0.39, 0.29) is 11.8 Å². The normalized spacial score (nSPS) is 32.4. The van der Waals surface area contributed by atoms with Gasteiger partial charge in [-0.1, -0.05) is 18.2 Å². The van der Waals surface area contributed by atoms with Crippen molar-refractivity contribution in [2.24, 2.45) is 5.92 Å². The van der Waals surface area contributed by atoms with Crippen LogP contribution >= 0.6 is 0 Å². The molecule has 0 saturated carbocycles. The summed E-state index contributed by atoms with van der Waals surface area (Å²) in [7, 11) is 0. The van der Waals surface area contributed by atoms with Gasteiger partial charge in [-0.2, -0.15) is 0 Å². The molecule has 6 rings (SSSR count). The minimum absolute atomic E-state index is 0.167. The first-order valence-corrected chi connectivity index (χ1v) is 11.6. The zero-order valence-corrected chi connectivity index (χ0v) is 17.6. The highest BCUT2D eigenvalue weighted by Gasteiger charge is 2.53. The molecule has 5 heterocycles. The van der Waals surface area contributed by atoms with Gasteiger partial charge in [-0.05, 0) is 56.7 Å². The SMILES string of the molecule is C[C@]12c3c4c5ccccc5n3[C@@H](OCCN3CCOCC3)C[C@@H]1CCCN2CC4. The lowest BCUT2D eigenvalue weighted by atomic mass is 9.68. The molecular weight excluding hydrogens is 362 g/mol. The topological polar surface area (TPSA) is 29.9 Å². The zero-order valence-electron chi connectivity index (χ0n) is 17.6. The molecule has 2 saturated heterocycles. The number of hydrogen-bond donors (Lipinski definition) is 0. The molecule has 2 fully saturated rings. The molecule has 4 aliphatic rings. The van der Waals surface area contributed by atoms with Crippen LogP contribution < -0.4 is 0 Å². The molecule has 3 atom stereocenters. The van der Waals surface area contributed by atoms with E-state index < -0.39 is 0 Å². The maximum absolute atomic E-state index is 6.65. The third-order valence-electron chi connectivity index (χ3n) is 8.15. The van der Waals surface area contributed by atoms with Crippen LogP contribution in [0.5, 0.6) is 0 Å². The van der Waals surface area contributed by atoms with E-state index in [1.54, 1.807) is 11.3 Å². The standard InChI is InChI=1S/C24H33N3O2/c1-24-18-5-4-9-26(24)10-8-20-19-6-2-3-7-21(19)27(23(20)24)22(17-18)29-16-13-25-11-14-28-15-12-25/h2-3,6-7,18,22H,4-5,8-17H2,1H3/t18-,22-,24+/m0/s1. The van der Waals surface area contributed by atoms with Crippen molar-refractivity contribution in [2.75, 3.05) is 52.5 Å². The maximum atomic E-state index is 6.65. The molecule has 1 aromatic carbocycles. The van der Waals surface area contributed by atoms with E-state index in [1.807, 2.05) is 0 Å². The van der Waals surface area contributed by atoms with Crippen LogP contribution in [0.15, 0.2) is 24.3 Å². The van der Waals surface area contributed by atoms with Crippen LogP contribution in [0.3, 0.4) is 0 Å². The molecule has 0 N–H and O–H groups in total. The van der Waals surface area contributed by atoms with E-state index >= 15 is 0 Å². The molecule has 0 amide bonds. The fraction of sp³-hybridized carbons (Fsp3) is 0.667. The summed E-state index contributed by atoms with van der Waals surface area (Å²) in [5.74, 6) is 0.695. The number of fused-ring (bicyclic) bond motifs is 3. The van der Waals surface area contributed by atoms with Crippen LogP contribution in [0.25, 0.3) is 10.9 Å². The van der Waals surface area contributed by atoms with Gasteiger partial charge < -0.3 is 14.0 Å². The zero-order chi connectivity index (χ0) is 19.4. The summed E-state index contributed by atoms with van der Waals surface area (Å²) < 4.78 is 14.7. The Morgan fingerprint density at radius 2 is 2.00 bits per heavy atom. The lowest BCUT2D eigenvalue weighted by Crippen LogP contribution is -2.59. The first-order chi connectivity index (χ1) is 14.3. The second-order valence-electron chi connectivity index (χ2n) is 9.45. The van der Waals surface area contributed by atoms with Crippen molar-refractivity contribution >= 4 is 10.9 Å². The third kappa shape index (κ3) is 2.74. The summed E-state index contributed by atoms with van der Waals surface area (Å²) in [4.78, 5) is 5.25. The van der Waals surface area contributed by atoms with Gasteiger partial charge in [-0.25, -0.2) is 0 Å². The van der Waals surface area contributed by atoms with Crippen molar-refractivity contribution in [3.63, 3.8) is 0 Å². The number of nitrogens with zero attached hydrogens (tertiary/aromatic N) is 3. The summed E-state index contributed by atoms with van der Waals surface area (Å²) in [6.45, 7) is 10.6. The van der Waals surface area contributed by atoms with Crippen molar-refractivity contribution < 1.29 is 9.47 Å². The van der Waals surface area contributed by atoms with Crippen LogP contribution in [0.1, 0.15) is 43.7 Å². The fourth-order valence-electron chi connectivity index (χ4n) is 6.65. The monoisotopic (exact) mass is 395 g/mol. The highest BCUT2D eigenvalue weighted by molar-refractivity contribution is 5.86. The maximum Gasteiger partial charge on any atom is 0.134 e. The predicted octanol–water partition coefficient (Wildman–Crippen LogP) is 3.38. The molecule has 0 unspecified atom stereocenters. The smallest absolute Gasteiger partial charge is 0.134 e. The Kier molecular flexibility index (Phi) is 4.49. The third-order valence-corrected chi connectivity index (χ3v) is 8.15. The van der Waals surface area contributed by atoms with Crippen molar-refractivity contribution in [1.82, 2.24) is 14.4 Å². The Bertz CT molecular complexity index is 903. The minimum Gasteiger partial charge on any atom is -0.379 e. The predicted molar refractivity (Wildman–Crippen MR) is 114 cm³/mol. The second kappa shape index (κ2) is 7.09. The first kappa shape index (κ1) is 18.4. The number of morpholine rings is 1. The van der Waals surface area contributed by atoms with Gasteiger partial charge in [-0.3, -0.25) is 9.80 Å². The average Bonchev–Trinajstić information content (AvgIpc) is 3.10. The van der Waals surface area contributed by atoms with Gasteiger partial charge in [0.1, 0.15) is 6.23 Å². The number of aromatic nitrogens is 1. The Labute approximate surface area is 173 Å². The largest absolute Gasteiger partial charge is 0.379 e. The van der Waals surface area contributed by atoms with Crippen molar-refractivity contribution in [3.05, 3.63) is 35.5 Å². The van der Waals surface area contributed by atoms with Gasteiger partial charge in [0.25, 0.3) is 0 Å². The highest BCUT2D eigenvalue weighted by atomic mass is 16.5. The minimum atomic E-state index is 0.167.